The van der Waals surface area contributed by atoms with Crippen molar-refractivity contribution < 1.29 is 9.53 Å². The Labute approximate surface area is 179 Å². The van der Waals surface area contributed by atoms with Gasteiger partial charge in [0.1, 0.15) is 5.75 Å². The lowest BCUT2D eigenvalue weighted by molar-refractivity contribution is 0.102. The number of pyridine rings is 1. The van der Waals surface area contributed by atoms with E-state index in [2.05, 4.69) is 10.4 Å². The molecule has 0 radical (unpaired) electrons. The lowest BCUT2D eigenvalue weighted by Crippen LogP contribution is -2.13. The van der Waals surface area contributed by atoms with Crippen LogP contribution in [0.25, 0.3) is 22.3 Å². The van der Waals surface area contributed by atoms with Crippen molar-refractivity contribution in [3.8, 4) is 17.0 Å². The highest BCUT2D eigenvalue weighted by molar-refractivity contribution is 6.31. The summed E-state index contributed by atoms with van der Waals surface area (Å²) in [6.07, 6.45) is 0. The van der Waals surface area contributed by atoms with E-state index in [-0.39, 0.29) is 5.91 Å². The second-order valence-electron chi connectivity index (χ2n) is 7.11. The van der Waals surface area contributed by atoms with Gasteiger partial charge >= 0.3 is 0 Å². The number of aryl methyl sites for hydroxylation is 3. The van der Waals surface area contributed by atoms with Crippen molar-refractivity contribution in [2.24, 2.45) is 7.05 Å². The smallest absolute Gasteiger partial charge is 0.256 e. The van der Waals surface area contributed by atoms with Crippen LogP contribution in [-0.4, -0.2) is 27.8 Å². The second kappa shape index (κ2) is 7.80. The zero-order chi connectivity index (χ0) is 21.4. The maximum Gasteiger partial charge on any atom is 0.256 e. The number of fused-ring (bicyclic) bond motifs is 1. The van der Waals surface area contributed by atoms with E-state index in [0.29, 0.717) is 27.6 Å². The van der Waals surface area contributed by atoms with Crippen LogP contribution in [0, 0.1) is 13.8 Å². The Balaban J connectivity index is 1.84. The van der Waals surface area contributed by atoms with Gasteiger partial charge in [-0.15, -0.1) is 0 Å². The standard InChI is InChI=1S/C23H21ClN4O2/c1-13-8-9-16(11-19(13)24)25-23(29)18-12-20(15-6-5-7-17(10-15)30-4)26-22-21(18)14(2)27-28(22)3/h5-12H,1-4H3,(H,25,29). The summed E-state index contributed by atoms with van der Waals surface area (Å²) in [5.41, 5.74) is 4.97. The first-order valence-corrected chi connectivity index (χ1v) is 9.81. The van der Waals surface area contributed by atoms with Crippen molar-refractivity contribution in [2.75, 3.05) is 12.4 Å². The van der Waals surface area contributed by atoms with Crippen LogP contribution in [0.1, 0.15) is 21.6 Å². The monoisotopic (exact) mass is 420 g/mol. The van der Waals surface area contributed by atoms with Crippen LogP contribution in [0.4, 0.5) is 5.69 Å². The number of amides is 1. The van der Waals surface area contributed by atoms with Crippen molar-refractivity contribution in [3.63, 3.8) is 0 Å². The van der Waals surface area contributed by atoms with Crippen LogP contribution in [0.5, 0.6) is 5.75 Å². The number of benzene rings is 2. The van der Waals surface area contributed by atoms with Crippen molar-refractivity contribution in [1.29, 1.82) is 0 Å². The molecule has 0 aliphatic carbocycles. The molecule has 7 heteroatoms. The molecule has 2 aromatic heterocycles. The average Bonchev–Trinajstić information content (AvgIpc) is 3.03. The second-order valence-corrected chi connectivity index (χ2v) is 7.52. The van der Waals surface area contributed by atoms with Crippen LogP contribution in [0.2, 0.25) is 5.02 Å². The molecule has 0 bridgehead atoms. The molecule has 2 aromatic carbocycles. The molecule has 152 valence electrons. The molecule has 1 amide bonds. The summed E-state index contributed by atoms with van der Waals surface area (Å²) < 4.78 is 7.02. The SMILES string of the molecule is COc1cccc(-c2cc(C(=O)Nc3ccc(C)c(Cl)c3)c3c(C)nn(C)c3n2)c1. The number of anilines is 1. The van der Waals surface area contributed by atoms with E-state index < -0.39 is 0 Å². The minimum atomic E-state index is -0.248. The van der Waals surface area contributed by atoms with Crippen molar-refractivity contribution in [3.05, 3.63) is 70.4 Å². The maximum atomic E-state index is 13.2. The fourth-order valence-corrected chi connectivity index (χ4v) is 3.60. The summed E-state index contributed by atoms with van der Waals surface area (Å²) in [5.74, 6) is 0.471. The number of aromatic nitrogens is 3. The molecule has 0 atom stereocenters. The van der Waals surface area contributed by atoms with E-state index in [9.17, 15) is 4.79 Å². The molecule has 0 saturated carbocycles. The van der Waals surface area contributed by atoms with Gasteiger partial charge in [-0.2, -0.15) is 5.10 Å². The van der Waals surface area contributed by atoms with Crippen LogP contribution in [0.3, 0.4) is 0 Å². The first-order chi connectivity index (χ1) is 14.4. The van der Waals surface area contributed by atoms with Gasteiger partial charge in [0.15, 0.2) is 5.65 Å². The van der Waals surface area contributed by atoms with Gasteiger partial charge in [-0.1, -0.05) is 29.8 Å². The number of hydrogen-bond acceptors (Lipinski definition) is 4. The number of rotatable bonds is 4. The summed E-state index contributed by atoms with van der Waals surface area (Å²) in [4.78, 5) is 18.0. The Morgan fingerprint density at radius 3 is 2.67 bits per heavy atom. The third-order valence-corrected chi connectivity index (χ3v) is 5.42. The van der Waals surface area contributed by atoms with E-state index >= 15 is 0 Å². The Morgan fingerprint density at radius 2 is 1.93 bits per heavy atom. The largest absolute Gasteiger partial charge is 0.497 e. The van der Waals surface area contributed by atoms with E-state index in [1.165, 1.54) is 0 Å². The Kier molecular flexibility index (Phi) is 5.18. The molecular formula is C23H21ClN4O2. The van der Waals surface area contributed by atoms with Crippen molar-refractivity contribution in [1.82, 2.24) is 14.8 Å². The van der Waals surface area contributed by atoms with E-state index in [0.717, 1.165) is 28.0 Å². The Bertz CT molecular complexity index is 1280. The quantitative estimate of drug-likeness (QED) is 0.494. The van der Waals surface area contributed by atoms with Gasteiger partial charge in [-0.05, 0) is 49.7 Å². The normalized spacial score (nSPS) is 11.0. The number of halogens is 1. The van der Waals surface area contributed by atoms with Gasteiger partial charge in [0, 0.05) is 23.3 Å². The molecule has 0 aliphatic heterocycles. The molecule has 30 heavy (non-hydrogen) atoms. The first-order valence-electron chi connectivity index (χ1n) is 9.43. The highest BCUT2D eigenvalue weighted by Gasteiger charge is 2.20. The number of methoxy groups -OCH3 is 1. The van der Waals surface area contributed by atoms with Crippen LogP contribution >= 0.6 is 11.6 Å². The third kappa shape index (κ3) is 3.62. The summed E-state index contributed by atoms with van der Waals surface area (Å²) in [5, 5.41) is 8.73. The van der Waals surface area contributed by atoms with Gasteiger partial charge in [-0.25, -0.2) is 4.98 Å². The van der Waals surface area contributed by atoms with Gasteiger partial charge in [0.05, 0.1) is 29.4 Å². The number of nitrogens with one attached hydrogen (secondary N) is 1. The van der Waals surface area contributed by atoms with Crippen LogP contribution in [0.15, 0.2) is 48.5 Å². The maximum absolute atomic E-state index is 13.2. The number of carbonyl (C=O) groups is 1. The van der Waals surface area contributed by atoms with Gasteiger partial charge in [-0.3, -0.25) is 9.48 Å². The number of ether oxygens (including phenoxy) is 1. The predicted octanol–water partition coefficient (Wildman–Crippen LogP) is 5.17. The Morgan fingerprint density at radius 1 is 1.13 bits per heavy atom. The minimum Gasteiger partial charge on any atom is -0.497 e. The van der Waals surface area contributed by atoms with E-state index in [1.54, 1.807) is 23.9 Å². The summed E-state index contributed by atoms with van der Waals surface area (Å²) in [7, 11) is 3.44. The molecular weight excluding hydrogens is 400 g/mol. The molecule has 4 aromatic rings. The van der Waals surface area contributed by atoms with Gasteiger partial charge in [0.25, 0.3) is 5.91 Å². The molecule has 2 heterocycles. The van der Waals surface area contributed by atoms with Crippen LogP contribution < -0.4 is 10.1 Å². The number of carbonyl (C=O) groups excluding carboxylic acids is 1. The number of hydrogen-bond donors (Lipinski definition) is 1. The fraction of sp³-hybridized carbons (Fsp3) is 0.174. The van der Waals surface area contributed by atoms with Crippen LogP contribution in [-0.2, 0) is 7.05 Å². The van der Waals surface area contributed by atoms with Gasteiger partial charge < -0.3 is 10.1 Å². The summed E-state index contributed by atoms with van der Waals surface area (Å²) in [6.45, 7) is 3.79. The van der Waals surface area contributed by atoms with E-state index in [1.807, 2.05) is 57.3 Å². The van der Waals surface area contributed by atoms with E-state index in [4.69, 9.17) is 21.3 Å². The Hall–Kier alpha value is -3.38. The lowest BCUT2D eigenvalue weighted by atomic mass is 10.0. The zero-order valence-corrected chi connectivity index (χ0v) is 17.9. The fourth-order valence-electron chi connectivity index (χ4n) is 3.42. The van der Waals surface area contributed by atoms with Crippen molar-refractivity contribution >= 4 is 34.2 Å². The molecule has 0 unspecified atom stereocenters. The van der Waals surface area contributed by atoms with Gasteiger partial charge in [0.2, 0.25) is 0 Å². The third-order valence-electron chi connectivity index (χ3n) is 5.01. The molecule has 0 aliphatic rings. The highest BCUT2D eigenvalue weighted by atomic mass is 35.5. The summed E-state index contributed by atoms with van der Waals surface area (Å²) >= 11 is 6.21. The average molecular weight is 421 g/mol. The first kappa shape index (κ1) is 19.9. The molecule has 4 rings (SSSR count). The lowest BCUT2D eigenvalue weighted by Gasteiger charge is -2.11. The molecule has 6 nitrogen and oxygen atoms in total. The highest BCUT2D eigenvalue weighted by Crippen LogP contribution is 2.29. The molecule has 1 N–H and O–H groups in total. The van der Waals surface area contributed by atoms with Crippen molar-refractivity contribution in [2.45, 2.75) is 13.8 Å². The minimum absolute atomic E-state index is 0.248. The topological polar surface area (TPSA) is 69.0 Å². The predicted molar refractivity (Wildman–Crippen MR) is 119 cm³/mol. The number of nitrogens with zero attached hydrogens (tertiary/aromatic N) is 3. The molecule has 0 saturated heterocycles. The molecule has 0 spiro atoms. The molecule has 0 fully saturated rings. The zero-order valence-electron chi connectivity index (χ0n) is 17.2. The summed E-state index contributed by atoms with van der Waals surface area (Å²) in [6, 6.07) is 14.8.